The Bertz CT molecular complexity index is 1060. The molecular formula is C22H25N4O2P. The molecule has 3 aliphatic heterocycles. The number of nitrogens with one attached hydrogen (secondary N) is 1. The second-order valence-corrected chi connectivity index (χ2v) is 9.51. The number of benzene rings is 1. The van der Waals surface area contributed by atoms with E-state index in [2.05, 4.69) is 41.2 Å². The van der Waals surface area contributed by atoms with Crippen molar-refractivity contribution in [3.8, 4) is 0 Å². The molecule has 1 N–H and O–H groups in total. The SMILES string of the molecule is Cc1nc2ccc(C3=CC(=O)N4C=C(N5CC(C)N[C@@H](C)C5)C=CC4P3)cc2o1. The lowest BCUT2D eigenvalue weighted by molar-refractivity contribution is -0.123. The molecule has 2 aromatic rings. The smallest absolute Gasteiger partial charge is 0.252 e. The van der Waals surface area contributed by atoms with Crippen LogP contribution in [-0.4, -0.2) is 51.6 Å². The molecule has 0 spiro atoms. The fourth-order valence-corrected chi connectivity index (χ4v) is 5.75. The Balaban J connectivity index is 1.40. The van der Waals surface area contributed by atoms with Crippen molar-refractivity contribution in [3.63, 3.8) is 0 Å². The Labute approximate surface area is 172 Å². The van der Waals surface area contributed by atoms with Crippen LogP contribution in [0.25, 0.3) is 16.4 Å². The highest BCUT2D eigenvalue weighted by molar-refractivity contribution is 7.51. The summed E-state index contributed by atoms with van der Waals surface area (Å²) >= 11 is 0. The molecule has 4 atom stereocenters. The van der Waals surface area contributed by atoms with Gasteiger partial charge in [0, 0.05) is 44.4 Å². The number of amides is 1. The Kier molecular flexibility index (Phi) is 4.56. The largest absolute Gasteiger partial charge is 0.441 e. The highest BCUT2D eigenvalue weighted by Gasteiger charge is 2.31. The van der Waals surface area contributed by atoms with Crippen LogP contribution in [0.3, 0.4) is 0 Å². The van der Waals surface area contributed by atoms with Gasteiger partial charge >= 0.3 is 0 Å². The minimum absolute atomic E-state index is 0.0377. The van der Waals surface area contributed by atoms with Gasteiger partial charge in [0.2, 0.25) is 0 Å². The van der Waals surface area contributed by atoms with Crippen molar-refractivity contribution < 1.29 is 9.21 Å². The zero-order valence-corrected chi connectivity index (χ0v) is 17.8. The highest BCUT2D eigenvalue weighted by atomic mass is 31.1. The first-order valence-corrected chi connectivity index (χ1v) is 11.1. The molecule has 1 aromatic carbocycles. The number of carbonyl (C=O) groups is 1. The number of allylic oxidation sites excluding steroid dienone is 1. The van der Waals surface area contributed by atoms with E-state index in [0.29, 0.717) is 26.6 Å². The number of hydrogen-bond donors (Lipinski definition) is 1. The van der Waals surface area contributed by atoms with Gasteiger partial charge in [-0.05, 0) is 42.9 Å². The third-order valence-corrected chi connectivity index (χ3v) is 7.09. The van der Waals surface area contributed by atoms with Crippen molar-refractivity contribution in [2.45, 2.75) is 38.6 Å². The normalized spacial score (nSPS) is 28.0. The van der Waals surface area contributed by atoms with Crippen LogP contribution in [0.4, 0.5) is 0 Å². The molecule has 0 bridgehead atoms. The predicted molar refractivity (Wildman–Crippen MR) is 117 cm³/mol. The van der Waals surface area contributed by atoms with E-state index in [0.717, 1.165) is 40.8 Å². The van der Waals surface area contributed by atoms with Crippen LogP contribution in [0.1, 0.15) is 25.3 Å². The van der Waals surface area contributed by atoms with E-state index in [1.54, 1.807) is 6.08 Å². The van der Waals surface area contributed by atoms with Crippen molar-refractivity contribution in [1.29, 1.82) is 0 Å². The van der Waals surface area contributed by atoms with Crippen molar-refractivity contribution in [3.05, 3.63) is 59.8 Å². The van der Waals surface area contributed by atoms with Crippen molar-refractivity contribution in [2.75, 3.05) is 13.1 Å². The maximum Gasteiger partial charge on any atom is 0.252 e. The van der Waals surface area contributed by atoms with Crippen LogP contribution in [0.15, 0.2) is 52.7 Å². The van der Waals surface area contributed by atoms with Crippen LogP contribution >= 0.6 is 8.58 Å². The van der Waals surface area contributed by atoms with E-state index in [1.165, 1.54) is 0 Å². The minimum Gasteiger partial charge on any atom is -0.441 e. The third-order valence-electron chi connectivity index (χ3n) is 5.58. The Hall–Kier alpha value is -2.43. The fraction of sp³-hybridized carbons (Fsp3) is 0.364. The summed E-state index contributed by atoms with van der Waals surface area (Å²) in [6.07, 6.45) is 8.15. The zero-order valence-electron chi connectivity index (χ0n) is 16.8. The maximum absolute atomic E-state index is 12.9. The summed E-state index contributed by atoms with van der Waals surface area (Å²) in [6, 6.07) is 6.86. The summed E-state index contributed by atoms with van der Waals surface area (Å²) in [6.45, 7) is 8.15. The molecule has 0 saturated carbocycles. The van der Waals surface area contributed by atoms with Gasteiger partial charge in [-0.15, -0.1) is 0 Å². The Morgan fingerprint density at radius 2 is 2.03 bits per heavy atom. The zero-order chi connectivity index (χ0) is 20.1. The van der Waals surface area contributed by atoms with Crippen molar-refractivity contribution in [2.24, 2.45) is 0 Å². The topological polar surface area (TPSA) is 61.6 Å². The number of oxazole rings is 1. The molecule has 1 amide bonds. The summed E-state index contributed by atoms with van der Waals surface area (Å²) in [4.78, 5) is 21.6. The molecule has 6 nitrogen and oxygen atoms in total. The number of aromatic nitrogens is 1. The van der Waals surface area contributed by atoms with Crippen LogP contribution in [0.2, 0.25) is 0 Å². The van der Waals surface area contributed by atoms with Crippen LogP contribution in [0, 0.1) is 6.92 Å². The van der Waals surface area contributed by atoms with Gasteiger partial charge in [-0.1, -0.05) is 20.7 Å². The quantitative estimate of drug-likeness (QED) is 0.772. The van der Waals surface area contributed by atoms with Gasteiger partial charge in [0.1, 0.15) is 5.52 Å². The van der Waals surface area contributed by atoms with Crippen LogP contribution < -0.4 is 5.32 Å². The fourth-order valence-electron chi connectivity index (χ4n) is 4.36. The van der Waals surface area contributed by atoms with E-state index in [-0.39, 0.29) is 11.7 Å². The standard InChI is InChI=1S/C22H25N4O2P/c1-13-10-25(11-14(2)23-13)17-5-7-22-26(12-17)21(27)9-20(29-22)16-4-6-18-19(8-16)28-15(3)24-18/h4-9,12-14,22-23,29H,10-11H2,1-3H3/t13-,14?,22?/m0/s1. The molecule has 4 heterocycles. The van der Waals surface area contributed by atoms with Crippen molar-refractivity contribution >= 4 is 30.9 Å². The maximum atomic E-state index is 12.9. The molecule has 3 aliphatic rings. The molecule has 0 aliphatic carbocycles. The molecule has 1 aromatic heterocycles. The van der Waals surface area contributed by atoms with E-state index < -0.39 is 0 Å². The number of nitrogens with zero attached hydrogens (tertiary/aromatic N) is 3. The van der Waals surface area contributed by atoms with E-state index in [9.17, 15) is 4.79 Å². The number of aryl methyl sites for hydroxylation is 1. The van der Waals surface area contributed by atoms with Gasteiger partial charge in [0.25, 0.3) is 5.91 Å². The first-order valence-electron chi connectivity index (χ1n) is 10.1. The highest BCUT2D eigenvalue weighted by Crippen LogP contribution is 2.45. The number of carbonyl (C=O) groups excluding carboxylic acids is 1. The van der Waals surface area contributed by atoms with Gasteiger partial charge in [-0.2, -0.15) is 0 Å². The number of rotatable bonds is 2. The lowest BCUT2D eigenvalue weighted by Crippen LogP contribution is -2.54. The minimum atomic E-state index is 0.0377. The van der Waals surface area contributed by atoms with Gasteiger partial charge in [0.15, 0.2) is 11.5 Å². The number of hydrogen-bond acceptors (Lipinski definition) is 5. The predicted octanol–water partition coefficient (Wildman–Crippen LogP) is 3.42. The lowest BCUT2D eigenvalue weighted by Gasteiger charge is -2.41. The van der Waals surface area contributed by atoms with Gasteiger partial charge in [-0.3, -0.25) is 4.79 Å². The second kappa shape index (κ2) is 7.12. The molecule has 1 fully saturated rings. The second-order valence-electron chi connectivity index (χ2n) is 8.09. The Morgan fingerprint density at radius 1 is 1.24 bits per heavy atom. The van der Waals surface area contributed by atoms with Gasteiger partial charge in [0.05, 0.1) is 11.5 Å². The van der Waals surface area contributed by atoms with Gasteiger partial charge < -0.3 is 19.5 Å². The van der Waals surface area contributed by atoms with Gasteiger partial charge in [-0.25, -0.2) is 4.98 Å². The first kappa shape index (κ1) is 18.6. The third kappa shape index (κ3) is 3.52. The first-order chi connectivity index (χ1) is 14.0. The van der Waals surface area contributed by atoms with Crippen molar-refractivity contribution in [1.82, 2.24) is 20.1 Å². The molecule has 5 rings (SSSR count). The monoisotopic (exact) mass is 408 g/mol. The molecule has 29 heavy (non-hydrogen) atoms. The number of fused-ring (bicyclic) bond motifs is 2. The van der Waals surface area contributed by atoms with E-state index >= 15 is 0 Å². The van der Waals surface area contributed by atoms with Crippen LogP contribution in [-0.2, 0) is 4.79 Å². The molecule has 7 heteroatoms. The van der Waals surface area contributed by atoms with Crippen LogP contribution in [0.5, 0.6) is 0 Å². The molecule has 3 unspecified atom stereocenters. The lowest BCUT2D eigenvalue weighted by atomic mass is 10.1. The molecule has 150 valence electrons. The summed E-state index contributed by atoms with van der Waals surface area (Å²) in [7, 11) is 0.494. The molecule has 0 radical (unpaired) electrons. The molecular weight excluding hydrogens is 383 g/mol. The average molecular weight is 408 g/mol. The average Bonchev–Trinajstić information content (AvgIpc) is 3.06. The van der Waals surface area contributed by atoms with E-state index in [4.69, 9.17) is 4.42 Å². The number of piperazine rings is 1. The summed E-state index contributed by atoms with van der Waals surface area (Å²) in [5, 5.41) is 4.63. The Morgan fingerprint density at radius 3 is 2.83 bits per heavy atom. The summed E-state index contributed by atoms with van der Waals surface area (Å²) in [5.41, 5.74) is 3.77. The summed E-state index contributed by atoms with van der Waals surface area (Å²) in [5.74, 6) is 0.774. The molecule has 1 saturated heterocycles. The van der Waals surface area contributed by atoms with E-state index in [1.807, 2.05) is 36.2 Å². The summed E-state index contributed by atoms with van der Waals surface area (Å²) < 4.78 is 5.67.